The van der Waals surface area contributed by atoms with Crippen LogP contribution in [0.15, 0.2) is 6.20 Å². The number of rotatable bonds is 7. The summed E-state index contributed by atoms with van der Waals surface area (Å²) in [6, 6.07) is 0. The lowest BCUT2D eigenvalue weighted by Crippen LogP contribution is -2.46. The van der Waals surface area contributed by atoms with Crippen molar-refractivity contribution in [3.05, 3.63) is 11.9 Å². The Morgan fingerprint density at radius 2 is 2.00 bits per heavy atom. The van der Waals surface area contributed by atoms with Crippen LogP contribution in [-0.2, 0) is 17.9 Å². The summed E-state index contributed by atoms with van der Waals surface area (Å²) >= 11 is 0. The SMILES string of the molecule is C#CCN(CC#C)Cc1cn(CCC(=O)N2CCNCC2)nn1. The Morgan fingerprint density at radius 3 is 2.65 bits per heavy atom. The molecular weight excluding hydrogens is 292 g/mol. The molecule has 0 radical (unpaired) electrons. The first-order valence-corrected chi connectivity index (χ1v) is 7.69. The molecule has 1 aromatic heterocycles. The molecular formula is C16H22N6O. The number of aromatic nitrogens is 3. The molecule has 1 N–H and O–H groups in total. The van der Waals surface area contributed by atoms with Crippen LogP contribution in [0, 0.1) is 24.7 Å². The number of carbonyl (C=O) groups excluding carboxylic acids is 1. The van der Waals surface area contributed by atoms with E-state index in [1.807, 2.05) is 16.0 Å². The third kappa shape index (κ3) is 5.41. The summed E-state index contributed by atoms with van der Waals surface area (Å²) in [6.45, 7) is 5.29. The van der Waals surface area contributed by atoms with E-state index in [0.29, 0.717) is 32.6 Å². The number of hydrogen-bond acceptors (Lipinski definition) is 5. The molecule has 1 amide bonds. The highest BCUT2D eigenvalue weighted by Crippen LogP contribution is 2.03. The van der Waals surface area contributed by atoms with Crippen LogP contribution in [0.1, 0.15) is 12.1 Å². The summed E-state index contributed by atoms with van der Waals surface area (Å²) in [5.41, 5.74) is 0.796. The highest BCUT2D eigenvalue weighted by atomic mass is 16.2. The molecule has 0 atom stereocenters. The Bertz CT molecular complexity index is 574. The van der Waals surface area contributed by atoms with Crippen LogP contribution in [-0.4, -0.2) is 70.0 Å². The first-order chi connectivity index (χ1) is 11.2. The molecule has 0 spiro atoms. The Balaban J connectivity index is 1.81. The third-order valence-corrected chi connectivity index (χ3v) is 3.63. The van der Waals surface area contributed by atoms with E-state index >= 15 is 0 Å². The van der Waals surface area contributed by atoms with Gasteiger partial charge in [-0.05, 0) is 0 Å². The minimum atomic E-state index is 0.157. The molecule has 0 unspecified atom stereocenters. The summed E-state index contributed by atoms with van der Waals surface area (Å²) in [6.07, 6.45) is 12.9. The minimum absolute atomic E-state index is 0.157. The second kappa shape index (κ2) is 8.94. The fourth-order valence-corrected chi connectivity index (χ4v) is 2.46. The van der Waals surface area contributed by atoms with Crippen LogP contribution in [0.5, 0.6) is 0 Å². The number of amides is 1. The number of hydrogen-bond donors (Lipinski definition) is 1. The van der Waals surface area contributed by atoms with Gasteiger partial charge in [0.05, 0.1) is 25.3 Å². The molecule has 1 aliphatic rings. The quantitative estimate of drug-likeness (QED) is 0.666. The van der Waals surface area contributed by atoms with Crippen LogP contribution < -0.4 is 5.32 Å². The van der Waals surface area contributed by atoms with Crippen LogP contribution in [0.4, 0.5) is 0 Å². The molecule has 1 fully saturated rings. The normalized spacial score (nSPS) is 14.5. The first kappa shape index (κ1) is 17.0. The van der Waals surface area contributed by atoms with Gasteiger partial charge in [0.2, 0.25) is 5.91 Å². The van der Waals surface area contributed by atoms with E-state index in [2.05, 4.69) is 27.5 Å². The lowest BCUT2D eigenvalue weighted by molar-refractivity contribution is -0.132. The minimum Gasteiger partial charge on any atom is -0.340 e. The lowest BCUT2D eigenvalue weighted by atomic mass is 10.3. The molecule has 2 rings (SSSR count). The van der Waals surface area contributed by atoms with E-state index in [9.17, 15) is 4.79 Å². The fourth-order valence-electron chi connectivity index (χ4n) is 2.46. The van der Waals surface area contributed by atoms with Gasteiger partial charge >= 0.3 is 0 Å². The van der Waals surface area contributed by atoms with Crippen molar-refractivity contribution in [2.24, 2.45) is 0 Å². The Hall–Kier alpha value is -2.35. The van der Waals surface area contributed by atoms with Crippen LogP contribution in [0.2, 0.25) is 0 Å². The Kier molecular flexibility index (Phi) is 6.61. The number of terminal acetylenes is 2. The van der Waals surface area contributed by atoms with E-state index in [1.54, 1.807) is 4.68 Å². The lowest BCUT2D eigenvalue weighted by Gasteiger charge is -2.27. The van der Waals surface area contributed by atoms with Crippen molar-refractivity contribution in [1.29, 1.82) is 0 Å². The maximum atomic E-state index is 12.1. The second-order valence-corrected chi connectivity index (χ2v) is 5.41. The van der Waals surface area contributed by atoms with Gasteiger partial charge in [-0.25, -0.2) is 0 Å². The average molecular weight is 314 g/mol. The van der Waals surface area contributed by atoms with Crippen molar-refractivity contribution in [2.75, 3.05) is 39.3 Å². The Labute approximate surface area is 137 Å². The molecule has 7 nitrogen and oxygen atoms in total. The van der Waals surface area contributed by atoms with Gasteiger partial charge < -0.3 is 10.2 Å². The van der Waals surface area contributed by atoms with Gasteiger partial charge in [0.25, 0.3) is 0 Å². The van der Waals surface area contributed by atoms with Crippen LogP contribution in [0.25, 0.3) is 0 Å². The van der Waals surface area contributed by atoms with Crippen molar-refractivity contribution in [2.45, 2.75) is 19.5 Å². The fraction of sp³-hybridized carbons (Fsp3) is 0.562. The Morgan fingerprint density at radius 1 is 1.30 bits per heavy atom. The van der Waals surface area contributed by atoms with Crippen molar-refractivity contribution in [3.8, 4) is 24.7 Å². The van der Waals surface area contributed by atoms with E-state index in [4.69, 9.17) is 12.8 Å². The largest absolute Gasteiger partial charge is 0.340 e. The average Bonchev–Trinajstić information content (AvgIpc) is 3.01. The van der Waals surface area contributed by atoms with Gasteiger partial charge in [0, 0.05) is 45.3 Å². The molecule has 0 aliphatic carbocycles. The molecule has 0 bridgehead atoms. The molecule has 122 valence electrons. The highest BCUT2D eigenvalue weighted by molar-refractivity contribution is 5.76. The van der Waals surface area contributed by atoms with E-state index < -0.39 is 0 Å². The van der Waals surface area contributed by atoms with Crippen molar-refractivity contribution in [3.63, 3.8) is 0 Å². The molecule has 0 aromatic carbocycles. The standard InChI is InChI=1S/C16H22N6O/c1-3-8-20(9-4-2)13-15-14-22(19-18-15)10-5-16(23)21-11-6-17-7-12-21/h1-2,14,17H,5-13H2. The van der Waals surface area contributed by atoms with Gasteiger partial charge in [-0.2, -0.15) is 0 Å². The highest BCUT2D eigenvalue weighted by Gasteiger charge is 2.16. The number of carbonyl (C=O) groups is 1. The predicted octanol–water partition coefficient (Wildman–Crippen LogP) is -0.832. The predicted molar refractivity (Wildman–Crippen MR) is 87.0 cm³/mol. The first-order valence-electron chi connectivity index (χ1n) is 7.69. The summed E-state index contributed by atoms with van der Waals surface area (Å²) in [5, 5.41) is 11.4. The molecule has 0 saturated carbocycles. The molecule has 1 aromatic rings. The van der Waals surface area contributed by atoms with Crippen molar-refractivity contribution in [1.82, 2.24) is 30.1 Å². The number of nitrogens with zero attached hydrogens (tertiary/aromatic N) is 5. The van der Waals surface area contributed by atoms with Gasteiger partial charge in [0.15, 0.2) is 0 Å². The zero-order valence-corrected chi connectivity index (χ0v) is 13.2. The van der Waals surface area contributed by atoms with Gasteiger partial charge in [-0.15, -0.1) is 17.9 Å². The summed E-state index contributed by atoms with van der Waals surface area (Å²) < 4.78 is 1.69. The monoisotopic (exact) mass is 314 g/mol. The third-order valence-electron chi connectivity index (χ3n) is 3.63. The van der Waals surface area contributed by atoms with Crippen molar-refractivity contribution >= 4 is 5.91 Å². The molecule has 23 heavy (non-hydrogen) atoms. The number of aryl methyl sites for hydroxylation is 1. The second-order valence-electron chi connectivity index (χ2n) is 5.41. The zero-order valence-electron chi connectivity index (χ0n) is 13.2. The molecule has 1 saturated heterocycles. The number of nitrogens with one attached hydrogen (secondary N) is 1. The van der Waals surface area contributed by atoms with E-state index in [0.717, 1.165) is 31.9 Å². The summed E-state index contributed by atoms with van der Waals surface area (Å²) in [5.74, 6) is 5.31. The van der Waals surface area contributed by atoms with Crippen LogP contribution >= 0.6 is 0 Å². The summed E-state index contributed by atoms with van der Waals surface area (Å²) in [4.78, 5) is 15.9. The molecule has 7 heteroatoms. The topological polar surface area (TPSA) is 66.3 Å². The maximum Gasteiger partial charge on any atom is 0.224 e. The van der Waals surface area contributed by atoms with Gasteiger partial charge in [-0.3, -0.25) is 14.4 Å². The van der Waals surface area contributed by atoms with E-state index in [-0.39, 0.29) is 5.91 Å². The summed E-state index contributed by atoms with van der Waals surface area (Å²) in [7, 11) is 0. The van der Waals surface area contributed by atoms with Gasteiger partial charge in [-0.1, -0.05) is 17.1 Å². The zero-order chi connectivity index (χ0) is 16.5. The molecule has 2 heterocycles. The van der Waals surface area contributed by atoms with Crippen LogP contribution in [0.3, 0.4) is 0 Å². The van der Waals surface area contributed by atoms with Crippen molar-refractivity contribution < 1.29 is 4.79 Å². The number of piperazine rings is 1. The smallest absolute Gasteiger partial charge is 0.224 e. The maximum absolute atomic E-state index is 12.1. The molecule has 1 aliphatic heterocycles. The van der Waals surface area contributed by atoms with Gasteiger partial charge in [0.1, 0.15) is 0 Å². The van der Waals surface area contributed by atoms with E-state index in [1.165, 1.54) is 0 Å².